The third kappa shape index (κ3) is 2.86. The zero-order valence-electron chi connectivity index (χ0n) is 12.7. The molecule has 0 saturated carbocycles. The Morgan fingerprint density at radius 3 is 2.91 bits per heavy atom. The summed E-state index contributed by atoms with van der Waals surface area (Å²) in [5.74, 6) is -0.0234. The monoisotopic (exact) mass is 294 g/mol. The number of hydrogen-bond donors (Lipinski definition) is 1. The lowest BCUT2D eigenvalue weighted by atomic mass is 10.0. The van der Waals surface area contributed by atoms with Crippen molar-refractivity contribution in [1.29, 1.82) is 0 Å². The number of aryl methyl sites for hydroxylation is 2. The van der Waals surface area contributed by atoms with Crippen molar-refractivity contribution in [3.63, 3.8) is 0 Å². The molecule has 3 rings (SSSR count). The molecule has 112 valence electrons. The van der Waals surface area contributed by atoms with Crippen molar-refractivity contribution in [2.24, 2.45) is 0 Å². The standard InChI is InChI=1S/C18H18N2O2/c1-12-5-6-16-15(11-22-18(16)13(12)2)8-17(21)20-10-14-4-3-7-19-9-14/h3-7,9,11H,8,10H2,1-2H3,(H,20,21). The van der Waals surface area contributed by atoms with Crippen LogP contribution in [0.1, 0.15) is 22.3 Å². The maximum absolute atomic E-state index is 12.1. The van der Waals surface area contributed by atoms with Gasteiger partial charge in [0.05, 0.1) is 12.7 Å². The summed E-state index contributed by atoms with van der Waals surface area (Å²) < 4.78 is 5.63. The molecule has 0 aliphatic heterocycles. The van der Waals surface area contributed by atoms with Gasteiger partial charge in [0.25, 0.3) is 0 Å². The first-order valence-corrected chi connectivity index (χ1v) is 7.27. The number of nitrogens with one attached hydrogen (secondary N) is 1. The largest absolute Gasteiger partial charge is 0.464 e. The van der Waals surface area contributed by atoms with Gasteiger partial charge in [0.2, 0.25) is 5.91 Å². The Bertz CT molecular complexity index is 807. The van der Waals surface area contributed by atoms with Crippen LogP contribution in [0.3, 0.4) is 0 Å². The predicted molar refractivity (Wildman–Crippen MR) is 85.5 cm³/mol. The van der Waals surface area contributed by atoms with Gasteiger partial charge in [0, 0.05) is 29.9 Å². The van der Waals surface area contributed by atoms with Gasteiger partial charge in [-0.1, -0.05) is 18.2 Å². The first kappa shape index (κ1) is 14.3. The molecule has 22 heavy (non-hydrogen) atoms. The van der Waals surface area contributed by atoms with Crippen molar-refractivity contribution >= 4 is 16.9 Å². The van der Waals surface area contributed by atoms with E-state index in [0.717, 1.165) is 27.7 Å². The molecule has 0 saturated heterocycles. The summed E-state index contributed by atoms with van der Waals surface area (Å²) >= 11 is 0. The summed E-state index contributed by atoms with van der Waals surface area (Å²) in [6.07, 6.45) is 5.46. The zero-order valence-corrected chi connectivity index (χ0v) is 12.7. The van der Waals surface area contributed by atoms with Crippen molar-refractivity contribution in [2.45, 2.75) is 26.8 Å². The number of carbonyl (C=O) groups is 1. The highest BCUT2D eigenvalue weighted by Crippen LogP contribution is 2.26. The average molecular weight is 294 g/mol. The summed E-state index contributed by atoms with van der Waals surface area (Å²) in [4.78, 5) is 16.1. The first-order valence-electron chi connectivity index (χ1n) is 7.27. The van der Waals surface area contributed by atoms with Gasteiger partial charge < -0.3 is 9.73 Å². The number of carbonyl (C=O) groups excluding carboxylic acids is 1. The molecule has 0 unspecified atom stereocenters. The highest BCUT2D eigenvalue weighted by Gasteiger charge is 2.12. The van der Waals surface area contributed by atoms with Crippen molar-refractivity contribution in [2.75, 3.05) is 0 Å². The number of rotatable bonds is 4. The van der Waals surface area contributed by atoms with E-state index in [1.54, 1.807) is 18.7 Å². The third-order valence-electron chi connectivity index (χ3n) is 3.91. The number of hydrogen-bond acceptors (Lipinski definition) is 3. The second kappa shape index (κ2) is 6.02. The molecule has 1 N–H and O–H groups in total. The quantitative estimate of drug-likeness (QED) is 0.803. The molecule has 1 amide bonds. The molecule has 3 aromatic rings. The van der Waals surface area contributed by atoms with E-state index in [9.17, 15) is 4.79 Å². The van der Waals surface area contributed by atoms with E-state index in [4.69, 9.17) is 4.42 Å². The number of fused-ring (bicyclic) bond motifs is 1. The summed E-state index contributed by atoms with van der Waals surface area (Å²) in [5.41, 5.74) is 5.09. The van der Waals surface area contributed by atoms with E-state index < -0.39 is 0 Å². The average Bonchev–Trinajstić information content (AvgIpc) is 2.93. The number of aromatic nitrogens is 1. The molecule has 0 aliphatic carbocycles. The third-order valence-corrected chi connectivity index (χ3v) is 3.91. The molecule has 1 aromatic carbocycles. The van der Waals surface area contributed by atoms with Crippen LogP contribution in [-0.2, 0) is 17.8 Å². The molecule has 4 nitrogen and oxygen atoms in total. The lowest BCUT2D eigenvalue weighted by molar-refractivity contribution is -0.120. The highest BCUT2D eigenvalue weighted by molar-refractivity contribution is 5.89. The van der Waals surface area contributed by atoms with E-state index in [-0.39, 0.29) is 5.91 Å². The van der Waals surface area contributed by atoms with Crippen LogP contribution >= 0.6 is 0 Å². The van der Waals surface area contributed by atoms with E-state index in [1.165, 1.54) is 5.56 Å². The van der Waals surface area contributed by atoms with Gasteiger partial charge >= 0.3 is 0 Å². The molecule has 0 aliphatic rings. The topological polar surface area (TPSA) is 55.1 Å². The van der Waals surface area contributed by atoms with Crippen molar-refractivity contribution in [3.8, 4) is 0 Å². The molecule has 0 bridgehead atoms. The van der Waals surface area contributed by atoms with Gasteiger partial charge in [-0.05, 0) is 36.6 Å². The molecule has 2 aromatic heterocycles. The van der Waals surface area contributed by atoms with Crippen LogP contribution in [0, 0.1) is 13.8 Å². The van der Waals surface area contributed by atoms with Gasteiger partial charge in [0.15, 0.2) is 0 Å². The van der Waals surface area contributed by atoms with Crippen LogP contribution in [-0.4, -0.2) is 10.9 Å². The molecule has 0 atom stereocenters. The van der Waals surface area contributed by atoms with Crippen LogP contribution in [0.25, 0.3) is 11.0 Å². The number of furan rings is 1. The Hall–Kier alpha value is -2.62. The van der Waals surface area contributed by atoms with E-state index >= 15 is 0 Å². The minimum absolute atomic E-state index is 0.0234. The van der Waals surface area contributed by atoms with Gasteiger partial charge in [0.1, 0.15) is 5.58 Å². The van der Waals surface area contributed by atoms with Crippen LogP contribution in [0.2, 0.25) is 0 Å². The van der Waals surface area contributed by atoms with E-state index in [1.807, 2.05) is 25.1 Å². The fraction of sp³-hybridized carbons (Fsp3) is 0.222. The number of amides is 1. The molecule has 0 spiro atoms. The van der Waals surface area contributed by atoms with Crippen LogP contribution in [0.4, 0.5) is 0 Å². The Kier molecular flexibility index (Phi) is 3.92. The Labute approximate surface area is 129 Å². The SMILES string of the molecule is Cc1ccc2c(CC(=O)NCc3cccnc3)coc2c1C. The van der Waals surface area contributed by atoms with E-state index in [2.05, 4.69) is 23.3 Å². The van der Waals surface area contributed by atoms with E-state index in [0.29, 0.717) is 13.0 Å². The lowest BCUT2D eigenvalue weighted by Crippen LogP contribution is -2.24. The van der Waals surface area contributed by atoms with Crippen molar-refractivity contribution < 1.29 is 9.21 Å². The maximum atomic E-state index is 12.1. The second-order valence-electron chi connectivity index (χ2n) is 5.46. The second-order valence-corrected chi connectivity index (χ2v) is 5.46. The lowest BCUT2D eigenvalue weighted by Gasteiger charge is -2.04. The Morgan fingerprint density at radius 2 is 2.14 bits per heavy atom. The summed E-state index contributed by atoms with van der Waals surface area (Å²) in [5, 5.41) is 3.92. The number of benzene rings is 1. The molecule has 2 heterocycles. The summed E-state index contributed by atoms with van der Waals surface area (Å²) in [7, 11) is 0. The zero-order chi connectivity index (χ0) is 15.5. The van der Waals surface area contributed by atoms with Crippen LogP contribution < -0.4 is 5.32 Å². The van der Waals surface area contributed by atoms with Gasteiger partial charge in [-0.25, -0.2) is 0 Å². The maximum Gasteiger partial charge on any atom is 0.224 e. The number of pyridine rings is 1. The van der Waals surface area contributed by atoms with Gasteiger partial charge in [-0.3, -0.25) is 9.78 Å². The smallest absolute Gasteiger partial charge is 0.224 e. The molecular formula is C18H18N2O2. The van der Waals surface area contributed by atoms with Crippen molar-refractivity contribution in [1.82, 2.24) is 10.3 Å². The van der Waals surface area contributed by atoms with Gasteiger partial charge in [-0.15, -0.1) is 0 Å². The Balaban J connectivity index is 1.71. The minimum atomic E-state index is -0.0234. The van der Waals surface area contributed by atoms with Gasteiger partial charge in [-0.2, -0.15) is 0 Å². The number of nitrogens with zero attached hydrogens (tertiary/aromatic N) is 1. The molecule has 0 fully saturated rings. The molecule has 0 radical (unpaired) electrons. The predicted octanol–water partition coefficient (Wildman–Crippen LogP) is 3.30. The first-order chi connectivity index (χ1) is 10.6. The highest BCUT2D eigenvalue weighted by atomic mass is 16.3. The molecular weight excluding hydrogens is 276 g/mol. The van der Waals surface area contributed by atoms with Crippen LogP contribution in [0.15, 0.2) is 47.3 Å². The Morgan fingerprint density at radius 1 is 1.27 bits per heavy atom. The fourth-order valence-corrected chi connectivity index (χ4v) is 2.46. The fourth-order valence-electron chi connectivity index (χ4n) is 2.46. The van der Waals surface area contributed by atoms with Crippen molar-refractivity contribution in [3.05, 3.63) is 65.2 Å². The minimum Gasteiger partial charge on any atom is -0.464 e. The van der Waals surface area contributed by atoms with Crippen LogP contribution in [0.5, 0.6) is 0 Å². The molecule has 4 heteroatoms. The summed E-state index contributed by atoms with van der Waals surface area (Å²) in [6, 6.07) is 7.87. The summed E-state index contributed by atoms with van der Waals surface area (Å²) in [6.45, 7) is 4.57. The normalized spacial score (nSPS) is 10.8.